The molecule has 1 aliphatic rings. The summed E-state index contributed by atoms with van der Waals surface area (Å²) in [6.07, 6.45) is 2.46. The normalized spacial score (nSPS) is 15.9. The number of benzene rings is 1. The summed E-state index contributed by atoms with van der Waals surface area (Å²) < 4.78 is 27.2. The molecular formula is C16H26N2O2S. The van der Waals surface area contributed by atoms with Gasteiger partial charge in [0.05, 0.1) is 4.90 Å². The summed E-state index contributed by atoms with van der Waals surface area (Å²) in [6.45, 7) is 8.85. The second-order valence-corrected chi connectivity index (χ2v) is 7.86. The van der Waals surface area contributed by atoms with E-state index in [0.717, 1.165) is 17.7 Å². The molecule has 2 rings (SSSR count). The molecule has 0 heterocycles. The molecule has 0 bridgehead atoms. The third-order valence-corrected chi connectivity index (χ3v) is 6.32. The van der Waals surface area contributed by atoms with Crippen LogP contribution in [0.2, 0.25) is 0 Å². The van der Waals surface area contributed by atoms with Gasteiger partial charge in [-0.25, -0.2) is 8.42 Å². The summed E-state index contributed by atoms with van der Waals surface area (Å²) in [5.74, 6) is 0. The van der Waals surface area contributed by atoms with Gasteiger partial charge in [-0.1, -0.05) is 19.1 Å². The Balaban J connectivity index is 2.31. The molecular weight excluding hydrogens is 284 g/mol. The summed E-state index contributed by atoms with van der Waals surface area (Å²) >= 11 is 0. The van der Waals surface area contributed by atoms with Crippen LogP contribution in [0.1, 0.15) is 44.7 Å². The van der Waals surface area contributed by atoms with Crippen LogP contribution in [0.4, 0.5) is 0 Å². The van der Waals surface area contributed by atoms with E-state index in [1.165, 1.54) is 12.8 Å². The highest BCUT2D eigenvalue weighted by Gasteiger charge is 2.28. The smallest absolute Gasteiger partial charge is 0.243 e. The first-order chi connectivity index (χ1) is 9.87. The van der Waals surface area contributed by atoms with E-state index in [1.807, 2.05) is 39.8 Å². The van der Waals surface area contributed by atoms with Crippen LogP contribution in [0.3, 0.4) is 0 Å². The zero-order chi connectivity index (χ0) is 15.6. The lowest BCUT2D eigenvalue weighted by Gasteiger charge is -2.25. The maximum Gasteiger partial charge on any atom is 0.243 e. The molecule has 0 unspecified atom stereocenters. The minimum Gasteiger partial charge on any atom is -0.310 e. The fourth-order valence-corrected chi connectivity index (χ4v) is 4.53. The molecule has 118 valence electrons. The molecule has 1 fully saturated rings. The van der Waals surface area contributed by atoms with Gasteiger partial charge in [-0.15, -0.1) is 0 Å². The van der Waals surface area contributed by atoms with Crippen molar-refractivity contribution in [2.75, 3.05) is 6.54 Å². The van der Waals surface area contributed by atoms with Gasteiger partial charge >= 0.3 is 0 Å². The summed E-state index contributed by atoms with van der Waals surface area (Å²) in [6, 6.07) is 6.16. The van der Waals surface area contributed by atoms with E-state index >= 15 is 0 Å². The Bertz CT molecular complexity index is 592. The minimum absolute atomic E-state index is 0.0346. The average Bonchev–Trinajstić information content (AvgIpc) is 3.21. The highest BCUT2D eigenvalue weighted by Crippen LogP contribution is 2.25. The van der Waals surface area contributed by atoms with E-state index in [1.54, 1.807) is 10.4 Å². The van der Waals surface area contributed by atoms with Gasteiger partial charge < -0.3 is 5.32 Å². The van der Waals surface area contributed by atoms with Gasteiger partial charge in [-0.3, -0.25) is 0 Å². The largest absolute Gasteiger partial charge is 0.310 e. The number of hydrogen-bond donors (Lipinski definition) is 1. The number of rotatable bonds is 7. The first kappa shape index (κ1) is 16.5. The average molecular weight is 310 g/mol. The van der Waals surface area contributed by atoms with Gasteiger partial charge in [0.25, 0.3) is 0 Å². The molecule has 0 aliphatic heterocycles. The van der Waals surface area contributed by atoms with Crippen LogP contribution >= 0.6 is 0 Å². The molecule has 0 radical (unpaired) electrons. The van der Waals surface area contributed by atoms with Crippen LogP contribution in [0.25, 0.3) is 0 Å². The third-order valence-electron chi connectivity index (χ3n) is 4.03. The maximum atomic E-state index is 12.8. The van der Waals surface area contributed by atoms with E-state index in [9.17, 15) is 8.42 Å². The Morgan fingerprint density at radius 3 is 2.52 bits per heavy atom. The Hall–Kier alpha value is -0.910. The van der Waals surface area contributed by atoms with Gasteiger partial charge in [0.15, 0.2) is 0 Å². The van der Waals surface area contributed by atoms with Crippen molar-refractivity contribution in [1.29, 1.82) is 0 Å². The molecule has 0 aromatic heterocycles. The van der Waals surface area contributed by atoms with Gasteiger partial charge in [0.2, 0.25) is 10.0 Å². The van der Waals surface area contributed by atoms with Crippen molar-refractivity contribution in [3.63, 3.8) is 0 Å². The van der Waals surface area contributed by atoms with Crippen LogP contribution < -0.4 is 5.32 Å². The van der Waals surface area contributed by atoms with E-state index in [2.05, 4.69) is 5.32 Å². The molecule has 1 aromatic carbocycles. The minimum atomic E-state index is -3.42. The zero-order valence-electron chi connectivity index (χ0n) is 13.4. The van der Waals surface area contributed by atoms with Crippen molar-refractivity contribution in [1.82, 2.24) is 9.62 Å². The molecule has 0 spiro atoms. The van der Waals surface area contributed by atoms with Crippen LogP contribution in [0.15, 0.2) is 23.1 Å². The first-order valence-corrected chi connectivity index (χ1v) is 9.15. The Kier molecular flexibility index (Phi) is 5.07. The molecule has 0 amide bonds. The van der Waals surface area contributed by atoms with Crippen molar-refractivity contribution < 1.29 is 8.42 Å². The van der Waals surface area contributed by atoms with Crippen LogP contribution in [0, 0.1) is 6.92 Å². The fourth-order valence-electron chi connectivity index (χ4n) is 2.61. The monoisotopic (exact) mass is 310 g/mol. The molecule has 4 nitrogen and oxygen atoms in total. The number of sulfonamides is 1. The standard InChI is InChI=1S/C16H26N2O2S/c1-5-18(12(2)3)21(19,20)16-8-6-7-14(13(16)4)11-17-15-9-10-15/h6-8,12,15,17H,5,9-11H2,1-4H3. The van der Waals surface area contributed by atoms with Crippen molar-refractivity contribution >= 4 is 10.0 Å². The Labute approximate surface area is 128 Å². The van der Waals surface area contributed by atoms with Gasteiger partial charge in [0.1, 0.15) is 0 Å². The molecule has 5 heteroatoms. The van der Waals surface area contributed by atoms with Crippen LogP contribution in [-0.2, 0) is 16.6 Å². The predicted octanol–water partition coefficient (Wildman–Crippen LogP) is 2.67. The van der Waals surface area contributed by atoms with E-state index in [4.69, 9.17) is 0 Å². The van der Waals surface area contributed by atoms with Crippen LogP contribution in [0.5, 0.6) is 0 Å². The molecule has 0 atom stereocenters. The quantitative estimate of drug-likeness (QED) is 0.842. The molecule has 1 saturated carbocycles. The molecule has 1 aromatic rings. The van der Waals surface area contributed by atoms with Gasteiger partial charge in [-0.05, 0) is 50.8 Å². The van der Waals surface area contributed by atoms with E-state index in [-0.39, 0.29) is 6.04 Å². The van der Waals surface area contributed by atoms with Gasteiger partial charge in [0, 0.05) is 25.2 Å². The summed E-state index contributed by atoms with van der Waals surface area (Å²) in [7, 11) is -3.42. The van der Waals surface area contributed by atoms with Crippen molar-refractivity contribution in [2.45, 2.75) is 64.1 Å². The Morgan fingerprint density at radius 2 is 2.00 bits per heavy atom. The van der Waals surface area contributed by atoms with Crippen LogP contribution in [-0.4, -0.2) is 31.4 Å². The first-order valence-electron chi connectivity index (χ1n) is 7.71. The maximum absolute atomic E-state index is 12.8. The second kappa shape index (κ2) is 6.46. The van der Waals surface area contributed by atoms with E-state index in [0.29, 0.717) is 17.5 Å². The molecule has 1 aliphatic carbocycles. The lowest BCUT2D eigenvalue weighted by molar-refractivity contribution is 0.369. The number of nitrogens with one attached hydrogen (secondary N) is 1. The fraction of sp³-hybridized carbons (Fsp3) is 0.625. The topological polar surface area (TPSA) is 49.4 Å². The molecule has 21 heavy (non-hydrogen) atoms. The van der Waals surface area contributed by atoms with E-state index < -0.39 is 10.0 Å². The molecule has 0 saturated heterocycles. The number of nitrogens with zero attached hydrogens (tertiary/aromatic N) is 1. The SMILES string of the molecule is CCN(C(C)C)S(=O)(=O)c1cccc(CNC2CC2)c1C. The molecule has 1 N–H and O–H groups in total. The highest BCUT2D eigenvalue weighted by molar-refractivity contribution is 7.89. The van der Waals surface area contributed by atoms with Crippen molar-refractivity contribution in [2.24, 2.45) is 0 Å². The zero-order valence-corrected chi connectivity index (χ0v) is 14.2. The van der Waals surface area contributed by atoms with Crippen molar-refractivity contribution in [3.8, 4) is 0 Å². The lowest BCUT2D eigenvalue weighted by atomic mass is 10.1. The lowest BCUT2D eigenvalue weighted by Crippen LogP contribution is -2.37. The summed E-state index contributed by atoms with van der Waals surface area (Å²) in [5.41, 5.74) is 1.94. The number of hydrogen-bond acceptors (Lipinski definition) is 3. The van der Waals surface area contributed by atoms with Gasteiger partial charge in [-0.2, -0.15) is 4.31 Å². The predicted molar refractivity (Wildman–Crippen MR) is 85.7 cm³/mol. The summed E-state index contributed by atoms with van der Waals surface area (Å²) in [4.78, 5) is 0.438. The Morgan fingerprint density at radius 1 is 1.33 bits per heavy atom. The highest BCUT2D eigenvalue weighted by atomic mass is 32.2. The summed E-state index contributed by atoms with van der Waals surface area (Å²) in [5, 5.41) is 3.45. The third kappa shape index (κ3) is 3.65. The van der Waals surface area contributed by atoms with Crippen molar-refractivity contribution in [3.05, 3.63) is 29.3 Å². The second-order valence-electron chi connectivity index (χ2n) is 6.00.